The van der Waals surface area contributed by atoms with Crippen LogP contribution in [-0.4, -0.2) is 71.9 Å². The molecule has 0 bridgehead atoms. The monoisotopic (exact) mass is 394 g/mol. The number of nitrogens with one attached hydrogen (secondary N) is 1. The Bertz CT molecular complexity index is 850. The number of hydrogen-bond donors (Lipinski definition) is 3. The lowest BCUT2D eigenvalue weighted by Gasteiger charge is -2.32. The van der Waals surface area contributed by atoms with E-state index in [9.17, 15) is 0 Å². The van der Waals surface area contributed by atoms with Crippen LogP contribution >= 0.6 is 0 Å². The Labute approximate surface area is 172 Å². The van der Waals surface area contributed by atoms with Crippen LogP contribution in [0.1, 0.15) is 6.92 Å². The number of nitrogens with two attached hydrogens (primary N) is 2. The predicted molar refractivity (Wildman–Crippen MR) is 119 cm³/mol. The fourth-order valence-corrected chi connectivity index (χ4v) is 3.11. The van der Waals surface area contributed by atoms with Gasteiger partial charge in [-0.05, 0) is 20.0 Å². The first-order valence-corrected chi connectivity index (χ1v) is 9.87. The van der Waals surface area contributed by atoms with Gasteiger partial charge >= 0.3 is 0 Å². The summed E-state index contributed by atoms with van der Waals surface area (Å²) in [5, 5.41) is 3.41. The maximum absolute atomic E-state index is 5.96. The SMILES string of the molecule is C/C(N)=C/C(N)=Nc1cc(NCCN2CCN(C)CC2)nc(-c2ccccc2)n1. The van der Waals surface area contributed by atoms with E-state index in [2.05, 4.69) is 37.1 Å². The summed E-state index contributed by atoms with van der Waals surface area (Å²) >= 11 is 0. The zero-order valence-electron chi connectivity index (χ0n) is 17.2. The molecule has 29 heavy (non-hydrogen) atoms. The molecule has 154 valence electrons. The minimum atomic E-state index is 0.311. The molecule has 8 nitrogen and oxygen atoms in total. The molecule has 0 amide bonds. The van der Waals surface area contributed by atoms with E-state index in [1.807, 2.05) is 36.4 Å². The van der Waals surface area contributed by atoms with Crippen LogP contribution in [-0.2, 0) is 0 Å². The highest BCUT2D eigenvalue weighted by Gasteiger charge is 2.13. The molecule has 0 atom stereocenters. The smallest absolute Gasteiger partial charge is 0.163 e. The van der Waals surface area contributed by atoms with Crippen molar-refractivity contribution < 1.29 is 0 Å². The van der Waals surface area contributed by atoms with Crippen molar-refractivity contribution in [1.29, 1.82) is 0 Å². The first-order valence-electron chi connectivity index (χ1n) is 9.87. The van der Waals surface area contributed by atoms with E-state index < -0.39 is 0 Å². The first-order chi connectivity index (χ1) is 14.0. The van der Waals surface area contributed by atoms with Crippen LogP contribution in [0.4, 0.5) is 11.6 Å². The van der Waals surface area contributed by atoms with Crippen LogP contribution < -0.4 is 16.8 Å². The molecule has 0 saturated carbocycles. The Morgan fingerprint density at radius 1 is 1.14 bits per heavy atom. The zero-order valence-corrected chi connectivity index (χ0v) is 17.2. The van der Waals surface area contributed by atoms with Crippen molar-refractivity contribution in [3.63, 3.8) is 0 Å². The zero-order chi connectivity index (χ0) is 20.6. The number of rotatable bonds is 7. The van der Waals surface area contributed by atoms with E-state index in [4.69, 9.17) is 11.5 Å². The second-order valence-corrected chi connectivity index (χ2v) is 7.30. The highest BCUT2D eigenvalue weighted by molar-refractivity contribution is 5.93. The molecule has 1 aromatic carbocycles. The average Bonchev–Trinajstić information content (AvgIpc) is 2.69. The molecular weight excluding hydrogens is 364 g/mol. The number of aliphatic imine (C=N–C) groups is 1. The Hall–Kier alpha value is -2.97. The molecular formula is C21H30N8. The molecule has 5 N–H and O–H groups in total. The summed E-state index contributed by atoms with van der Waals surface area (Å²) in [7, 11) is 2.16. The minimum absolute atomic E-state index is 0.311. The van der Waals surface area contributed by atoms with Gasteiger partial charge in [-0.3, -0.25) is 4.90 Å². The third-order valence-corrected chi connectivity index (χ3v) is 4.69. The summed E-state index contributed by atoms with van der Waals surface area (Å²) in [5.74, 6) is 2.14. The third kappa shape index (κ3) is 6.55. The van der Waals surface area contributed by atoms with Crippen molar-refractivity contribution in [3.05, 3.63) is 48.2 Å². The molecule has 3 rings (SSSR count). The normalized spacial score (nSPS) is 16.8. The van der Waals surface area contributed by atoms with Gasteiger partial charge in [0.1, 0.15) is 11.7 Å². The molecule has 0 radical (unpaired) electrons. The predicted octanol–water partition coefficient (Wildman–Crippen LogP) is 1.65. The van der Waals surface area contributed by atoms with Crippen molar-refractivity contribution in [2.45, 2.75) is 6.92 Å². The molecule has 2 aromatic rings. The van der Waals surface area contributed by atoms with E-state index in [1.165, 1.54) is 0 Å². The fourth-order valence-electron chi connectivity index (χ4n) is 3.11. The van der Waals surface area contributed by atoms with Crippen LogP contribution in [0.15, 0.2) is 53.2 Å². The number of nitrogens with zero attached hydrogens (tertiary/aromatic N) is 5. The number of hydrogen-bond acceptors (Lipinski definition) is 7. The first kappa shape index (κ1) is 20.8. The van der Waals surface area contributed by atoms with Crippen molar-refractivity contribution in [2.24, 2.45) is 16.5 Å². The Morgan fingerprint density at radius 2 is 1.86 bits per heavy atom. The highest BCUT2D eigenvalue weighted by atomic mass is 15.2. The lowest BCUT2D eigenvalue weighted by Crippen LogP contribution is -2.45. The van der Waals surface area contributed by atoms with Gasteiger partial charge in [0.2, 0.25) is 0 Å². The quantitative estimate of drug-likeness (QED) is 0.484. The number of allylic oxidation sites excluding steroid dienone is 1. The summed E-state index contributed by atoms with van der Waals surface area (Å²) < 4.78 is 0. The van der Waals surface area contributed by atoms with Crippen LogP contribution in [0, 0.1) is 0 Å². The second-order valence-electron chi connectivity index (χ2n) is 7.30. The molecule has 2 heterocycles. The van der Waals surface area contributed by atoms with Crippen LogP contribution in [0.3, 0.4) is 0 Å². The molecule has 1 aromatic heterocycles. The van der Waals surface area contributed by atoms with Gasteiger partial charge in [0, 0.05) is 56.6 Å². The summed E-state index contributed by atoms with van der Waals surface area (Å²) in [6.07, 6.45) is 1.62. The standard InChI is InChI=1S/C21H30N8/c1-16(22)14-18(23)25-20-15-19(24-8-9-29-12-10-28(2)11-13-29)26-21(27-20)17-6-4-3-5-7-17/h3-7,14-15H,8-13,22H2,1-2H3,(H3,23,24,25,26,27)/b16-14-. The number of anilines is 1. The molecule has 0 aliphatic carbocycles. The van der Waals surface area contributed by atoms with Gasteiger partial charge in [-0.15, -0.1) is 0 Å². The van der Waals surface area contributed by atoms with Crippen molar-refractivity contribution in [3.8, 4) is 11.4 Å². The molecule has 1 aliphatic rings. The van der Waals surface area contributed by atoms with E-state index in [0.29, 0.717) is 23.2 Å². The molecule has 1 aliphatic heterocycles. The topological polar surface area (TPSA) is 109 Å². The lowest BCUT2D eigenvalue weighted by atomic mass is 10.2. The van der Waals surface area contributed by atoms with Crippen LogP contribution in [0.5, 0.6) is 0 Å². The second kappa shape index (κ2) is 9.99. The van der Waals surface area contributed by atoms with Gasteiger partial charge in [0.25, 0.3) is 0 Å². The van der Waals surface area contributed by atoms with E-state index in [0.717, 1.165) is 50.6 Å². The highest BCUT2D eigenvalue weighted by Crippen LogP contribution is 2.21. The van der Waals surface area contributed by atoms with Gasteiger partial charge in [-0.25, -0.2) is 15.0 Å². The van der Waals surface area contributed by atoms with Crippen LogP contribution in [0.2, 0.25) is 0 Å². The van der Waals surface area contributed by atoms with Crippen molar-refractivity contribution in [1.82, 2.24) is 19.8 Å². The lowest BCUT2D eigenvalue weighted by molar-refractivity contribution is 0.158. The summed E-state index contributed by atoms with van der Waals surface area (Å²) in [6.45, 7) is 7.94. The summed E-state index contributed by atoms with van der Waals surface area (Å²) in [6, 6.07) is 11.7. The van der Waals surface area contributed by atoms with Gasteiger partial charge in [-0.1, -0.05) is 30.3 Å². The molecule has 0 unspecified atom stereocenters. The summed E-state index contributed by atoms with van der Waals surface area (Å²) in [4.78, 5) is 18.4. The van der Waals surface area contributed by atoms with Crippen molar-refractivity contribution in [2.75, 3.05) is 51.6 Å². The fraction of sp³-hybridized carbons (Fsp3) is 0.381. The van der Waals surface area contributed by atoms with Gasteiger partial charge in [-0.2, -0.15) is 0 Å². The van der Waals surface area contributed by atoms with E-state index in [-0.39, 0.29) is 0 Å². The van der Waals surface area contributed by atoms with Gasteiger partial charge < -0.3 is 21.7 Å². The third-order valence-electron chi connectivity index (χ3n) is 4.69. The molecule has 0 spiro atoms. The maximum Gasteiger partial charge on any atom is 0.163 e. The number of likely N-dealkylation sites (N-methyl/N-ethyl adjacent to an activating group) is 1. The Balaban J connectivity index is 1.76. The van der Waals surface area contributed by atoms with E-state index >= 15 is 0 Å². The molecule has 8 heteroatoms. The summed E-state index contributed by atoms with van der Waals surface area (Å²) in [5.41, 5.74) is 13.2. The molecule has 1 saturated heterocycles. The number of benzene rings is 1. The minimum Gasteiger partial charge on any atom is -0.402 e. The van der Waals surface area contributed by atoms with E-state index in [1.54, 1.807) is 13.0 Å². The molecule has 1 fully saturated rings. The number of amidine groups is 1. The number of aromatic nitrogens is 2. The van der Waals surface area contributed by atoms with Gasteiger partial charge in [0.15, 0.2) is 11.6 Å². The van der Waals surface area contributed by atoms with Crippen molar-refractivity contribution >= 4 is 17.5 Å². The van der Waals surface area contributed by atoms with Gasteiger partial charge in [0.05, 0.1) is 0 Å². The average molecular weight is 395 g/mol. The largest absolute Gasteiger partial charge is 0.402 e. The Morgan fingerprint density at radius 3 is 2.55 bits per heavy atom. The number of piperazine rings is 1. The maximum atomic E-state index is 5.96. The van der Waals surface area contributed by atoms with Crippen LogP contribution in [0.25, 0.3) is 11.4 Å². The Kier molecular flexibility index (Phi) is 7.15.